The van der Waals surface area contributed by atoms with E-state index in [9.17, 15) is 14.0 Å². The van der Waals surface area contributed by atoms with E-state index in [4.69, 9.17) is 20.9 Å². The largest absolute Gasteiger partial charge is 0.443 e. The first-order valence-electron chi connectivity index (χ1n) is 9.61. The topological polar surface area (TPSA) is 123 Å². The van der Waals surface area contributed by atoms with Crippen molar-refractivity contribution < 1.29 is 23.5 Å². The molecule has 0 aliphatic carbocycles. The second kappa shape index (κ2) is 9.55. The van der Waals surface area contributed by atoms with Gasteiger partial charge in [-0.15, -0.1) is 4.99 Å². The van der Waals surface area contributed by atoms with Gasteiger partial charge in [0.05, 0.1) is 18.9 Å². The summed E-state index contributed by atoms with van der Waals surface area (Å²) in [5, 5.41) is 0. The van der Waals surface area contributed by atoms with Gasteiger partial charge < -0.3 is 30.7 Å². The number of hydrogen-bond donors (Lipinski definition) is 2. The van der Waals surface area contributed by atoms with Gasteiger partial charge in [-0.05, 0) is 18.9 Å². The molecule has 0 radical (unpaired) electrons. The highest BCUT2D eigenvalue weighted by molar-refractivity contribution is 5.87. The van der Waals surface area contributed by atoms with Gasteiger partial charge in [-0.1, -0.05) is 12.1 Å². The number of nitrogens with two attached hydrogens (primary N) is 2. The Morgan fingerprint density at radius 1 is 1.17 bits per heavy atom. The minimum atomic E-state index is -0.975. The van der Waals surface area contributed by atoms with Crippen LogP contribution in [-0.4, -0.2) is 62.3 Å². The van der Waals surface area contributed by atoms with E-state index < -0.39 is 17.9 Å². The van der Waals surface area contributed by atoms with E-state index in [0.717, 1.165) is 0 Å². The van der Waals surface area contributed by atoms with Gasteiger partial charge in [-0.2, -0.15) is 0 Å². The summed E-state index contributed by atoms with van der Waals surface area (Å²) >= 11 is 0. The number of anilines is 1. The molecule has 9 nitrogen and oxygen atoms in total. The molecule has 3 rings (SSSR count). The Hall–Kier alpha value is -2.88. The quantitative estimate of drug-likeness (QED) is 0.559. The van der Waals surface area contributed by atoms with Crippen LogP contribution in [0, 0.1) is 11.7 Å². The van der Waals surface area contributed by atoms with E-state index in [1.807, 2.05) is 9.80 Å². The number of ether oxygens (including phenoxy) is 2. The molecule has 0 aromatic heterocycles. The molecular formula is C19H26FN5O4. The van der Waals surface area contributed by atoms with Crippen molar-refractivity contribution in [2.45, 2.75) is 19.4 Å². The van der Waals surface area contributed by atoms with Gasteiger partial charge in [0, 0.05) is 37.7 Å². The van der Waals surface area contributed by atoms with E-state index in [2.05, 4.69) is 4.99 Å². The van der Waals surface area contributed by atoms with E-state index in [0.29, 0.717) is 57.9 Å². The van der Waals surface area contributed by atoms with Gasteiger partial charge in [-0.25, -0.2) is 9.18 Å². The van der Waals surface area contributed by atoms with Crippen LogP contribution in [0.4, 0.5) is 14.9 Å². The number of piperidine rings is 1. The zero-order valence-electron chi connectivity index (χ0n) is 16.2. The molecule has 4 N–H and O–H groups in total. The third-order valence-electron chi connectivity index (χ3n) is 5.14. The second-order valence-corrected chi connectivity index (χ2v) is 7.04. The summed E-state index contributed by atoms with van der Waals surface area (Å²) in [6.07, 6.45) is 0.357. The zero-order valence-corrected chi connectivity index (χ0v) is 16.2. The van der Waals surface area contributed by atoms with Crippen molar-refractivity contribution in [1.29, 1.82) is 0 Å². The fourth-order valence-electron chi connectivity index (χ4n) is 3.61. The van der Waals surface area contributed by atoms with Crippen LogP contribution in [0.15, 0.2) is 23.2 Å². The normalized spacial score (nSPS) is 17.7. The molecule has 0 atom stereocenters. The lowest BCUT2D eigenvalue weighted by molar-refractivity contribution is -0.140. The van der Waals surface area contributed by atoms with Crippen LogP contribution in [0.1, 0.15) is 18.4 Å². The number of benzene rings is 1. The van der Waals surface area contributed by atoms with Crippen molar-refractivity contribution in [3.8, 4) is 0 Å². The summed E-state index contributed by atoms with van der Waals surface area (Å²) in [5.74, 6) is -0.758. The first kappa shape index (κ1) is 20.8. The van der Waals surface area contributed by atoms with E-state index in [1.54, 1.807) is 12.1 Å². The van der Waals surface area contributed by atoms with E-state index in [-0.39, 0.29) is 24.0 Å². The van der Waals surface area contributed by atoms with Crippen molar-refractivity contribution >= 4 is 23.6 Å². The lowest BCUT2D eigenvalue weighted by atomic mass is 9.94. The molecule has 29 heavy (non-hydrogen) atoms. The van der Waals surface area contributed by atoms with Gasteiger partial charge in [0.2, 0.25) is 5.91 Å². The maximum absolute atomic E-state index is 14.9. The van der Waals surface area contributed by atoms with Crippen molar-refractivity contribution in [3.63, 3.8) is 0 Å². The van der Waals surface area contributed by atoms with Crippen LogP contribution in [0.25, 0.3) is 0 Å². The number of carbonyl (C=O) groups is 2. The fraction of sp³-hybridized carbons (Fsp3) is 0.526. The first-order valence-corrected chi connectivity index (χ1v) is 9.61. The summed E-state index contributed by atoms with van der Waals surface area (Å²) < 4.78 is 25.1. The molecule has 2 heterocycles. The van der Waals surface area contributed by atoms with Crippen LogP contribution in [0.5, 0.6) is 0 Å². The van der Waals surface area contributed by atoms with Gasteiger partial charge in [0.25, 0.3) is 0 Å². The number of aliphatic imine (C=N–C) groups is 1. The van der Waals surface area contributed by atoms with Crippen LogP contribution in [-0.2, 0) is 20.9 Å². The molecule has 2 fully saturated rings. The second-order valence-electron chi connectivity index (χ2n) is 7.04. The highest BCUT2D eigenvalue weighted by Crippen LogP contribution is 2.28. The SMILES string of the molecule is NC(N)=NC(=O)OCc1cccc(N2CCC(C(=O)N3CCOCC3)CC2)c1F. The molecule has 2 aliphatic rings. The van der Waals surface area contributed by atoms with Gasteiger partial charge >= 0.3 is 6.09 Å². The summed E-state index contributed by atoms with van der Waals surface area (Å²) in [7, 11) is 0. The number of morpholine rings is 1. The molecule has 2 saturated heterocycles. The lowest BCUT2D eigenvalue weighted by Gasteiger charge is -2.36. The molecular weight excluding hydrogens is 381 g/mol. The molecule has 1 aromatic rings. The van der Waals surface area contributed by atoms with Crippen molar-refractivity contribution in [3.05, 3.63) is 29.6 Å². The Morgan fingerprint density at radius 3 is 2.52 bits per heavy atom. The highest BCUT2D eigenvalue weighted by Gasteiger charge is 2.30. The summed E-state index contributed by atoms with van der Waals surface area (Å²) in [4.78, 5) is 31.1. The van der Waals surface area contributed by atoms with Crippen molar-refractivity contribution in [2.75, 3.05) is 44.3 Å². The Balaban J connectivity index is 1.58. The third-order valence-corrected chi connectivity index (χ3v) is 5.14. The Bertz CT molecular complexity index is 770. The maximum Gasteiger partial charge on any atom is 0.437 e. The predicted molar refractivity (Wildman–Crippen MR) is 105 cm³/mol. The third kappa shape index (κ3) is 5.35. The Morgan fingerprint density at radius 2 is 1.86 bits per heavy atom. The number of guanidine groups is 1. The minimum Gasteiger partial charge on any atom is -0.443 e. The molecule has 0 unspecified atom stereocenters. The average molecular weight is 407 g/mol. The molecule has 0 saturated carbocycles. The summed E-state index contributed by atoms with van der Waals surface area (Å²) in [6, 6.07) is 4.92. The molecule has 158 valence electrons. The standard InChI is InChI=1S/C19H26FN5O4/c20-16-14(12-29-19(27)23-18(21)22)2-1-3-15(16)24-6-4-13(5-7-24)17(26)25-8-10-28-11-9-25/h1-3,13H,4-12H2,(H4,21,22,23,27). The Labute approximate surface area is 168 Å². The maximum atomic E-state index is 14.9. The van der Waals surface area contributed by atoms with E-state index in [1.165, 1.54) is 6.07 Å². The first-order chi connectivity index (χ1) is 14.0. The van der Waals surface area contributed by atoms with Crippen molar-refractivity contribution in [2.24, 2.45) is 22.4 Å². The van der Waals surface area contributed by atoms with E-state index >= 15 is 0 Å². The molecule has 0 bridgehead atoms. The van der Waals surface area contributed by atoms with Gasteiger partial charge in [0.1, 0.15) is 6.61 Å². The van der Waals surface area contributed by atoms with Crippen LogP contribution in [0.2, 0.25) is 0 Å². The number of carbonyl (C=O) groups excluding carboxylic acids is 2. The van der Waals surface area contributed by atoms with Gasteiger partial charge in [-0.3, -0.25) is 4.79 Å². The molecule has 1 aromatic carbocycles. The summed E-state index contributed by atoms with van der Waals surface area (Å²) in [6.45, 7) is 3.31. The molecule has 10 heteroatoms. The predicted octanol–water partition coefficient (Wildman–Crippen LogP) is 0.811. The number of halogens is 1. The lowest BCUT2D eigenvalue weighted by Crippen LogP contribution is -2.47. The highest BCUT2D eigenvalue weighted by atomic mass is 19.1. The van der Waals surface area contributed by atoms with Crippen LogP contribution in [0.3, 0.4) is 0 Å². The number of nitrogens with zero attached hydrogens (tertiary/aromatic N) is 3. The fourth-order valence-corrected chi connectivity index (χ4v) is 3.61. The molecule has 2 amide bonds. The zero-order chi connectivity index (χ0) is 20.8. The number of rotatable bonds is 4. The number of hydrogen-bond acceptors (Lipinski definition) is 5. The molecule has 0 spiro atoms. The Kier molecular flexibility index (Phi) is 6.86. The summed E-state index contributed by atoms with van der Waals surface area (Å²) in [5.41, 5.74) is 10.9. The molecule has 2 aliphatic heterocycles. The average Bonchev–Trinajstić information content (AvgIpc) is 2.73. The smallest absolute Gasteiger partial charge is 0.437 e. The minimum absolute atomic E-state index is 0.0452. The number of amides is 2. The van der Waals surface area contributed by atoms with Crippen molar-refractivity contribution in [1.82, 2.24) is 4.90 Å². The van der Waals surface area contributed by atoms with Crippen LogP contribution < -0.4 is 16.4 Å². The van der Waals surface area contributed by atoms with Gasteiger partial charge in [0.15, 0.2) is 11.8 Å². The monoisotopic (exact) mass is 407 g/mol. The van der Waals surface area contributed by atoms with Crippen LogP contribution >= 0.6 is 0 Å².